The Labute approximate surface area is 141 Å². The van der Waals surface area contributed by atoms with Crippen molar-refractivity contribution in [2.24, 2.45) is 0 Å². The van der Waals surface area contributed by atoms with Gasteiger partial charge in [0.1, 0.15) is 11.5 Å². The Morgan fingerprint density at radius 2 is 1.78 bits per heavy atom. The van der Waals surface area contributed by atoms with E-state index in [1.165, 1.54) is 0 Å². The van der Waals surface area contributed by atoms with Gasteiger partial charge in [0.05, 0.1) is 30.8 Å². The van der Waals surface area contributed by atoms with Crippen LogP contribution in [-0.2, 0) is 4.79 Å². The Hall–Kier alpha value is -2.20. The van der Waals surface area contributed by atoms with E-state index in [2.05, 4.69) is 11.4 Å². The summed E-state index contributed by atoms with van der Waals surface area (Å²) < 4.78 is 10.8. The Bertz CT molecular complexity index is 680. The van der Waals surface area contributed by atoms with Crippen molar-refractivity contribution in [2.45, 2.75) is 20.3 Å². The maximum Gasteiger partial charge on any atom is 0.227 e. The number of rotatable bonds is 6. The predicted molar refractivity (Wildman–Crippen MR) is 92.7 cm³/mol. The van der Waals surface area contributed by atoms with Crippen molar-refractivity contribution in [3.05, 3.63) is 52.5 Å². The van der Waals surface area contributed by atoms with E-state index < -0.39 is 0 Å². The van der Waals surface area contributed by atoms with Crippen molar-refractivity contribution >= 4 is 23.2 Å². The lowest BCUT2D eigenvalue weighted by atomic mass is 10.1. The van der Waals surface area contributed by atoms with Gasteiger partial charge in [-0.25, -0.2) is 0 Å². The van der Waals surface area contributed by atoms with Crippen LogP contribution < -0.4 is 14.8 Å². The molecule has 0 saturated carbocycles. The standard InChI is InChI=1S/C18H20ClNO3/c1-12-8-13(2)10-15(9-12)23-7-6-18(21)20-17-11-14(22-3)4-5-16(17)19/h4-5,8-11H,6-7H2,1-3H3,(H,20,21). The molecular weight excluding hydrogens is 314 g/mol. The molecule has 1 N–H and O–H groups in total. The zero-order chi connectivity index (χ0) is 16.8. The van der Waals surface area contributed by atoms with Crippen molar-refractivity contribution in [3.63, 3.8) is 0 Å². The number of methoxy groups -OCH3 is 1. The van der Waals surface area contributed by atoms with E-state index in [4.69, 9.17) is 21.1 Å². The molecule has 0 aliphatic rings. The van der Waals surface area contributed by atoms with Crippen molar-refractivity contribution in [1.29, 1.82) is 0 Å². The smallest absolute Gasteiger partial charge is 0.227 e. The lowest BCUT2D eigenvalue weighted by molar-refractivity contribution is -0.116. The van der Waals surface area contributed by atoms with Crippen molar-refractivity contribution < 1.29 is 14.3 Å². The highest BCUT2D eigenvalue weighted by molar-refractivity contribution is 6.33. The second kappa shape index (κ2) is 7.88. The van der Waals surface area contributed by atoms with Crippen LogP contribution in [-0.4, -0.2) is 19.6 Å². The number of hydrogen-bond acceptors (Lipinski definition) is 3. The van der Waals surface area contributed by atoms with Gasteiger partial charge in [-0.2, -0.15) is 0 Å². The summed E-state index contributed by atoms with van der Waals surface area (Å²) in [5.74, 6) is 1.25. The molecule has 0 fully saturated rings. The van der Waals surface area contributed by atoms with E-state index in [0.717, 1.165) is 16.9 Å². The molecule has 1 amide bonds. The summed E-state index contributed by atoms with van der Waals surface area (Å²) in [6, 6.07) is 11.1. The fourth-order valence-electron chi connectivity index (χ4n) is 2.22. The first-order valence-electron chi connectivity index (χ1n) is 7.32. The van der Waals surface area contributed by atoms with Crippen LogP contribution in [0.4, 0.5) is 5.69 Å². The minimum absolute atomic E-state index is 0.162. The number of amides is 1. The number of carbonyl (C=O) groups is 1. The van der Waals surface area contributed by atoms with Crippen molar-refractivity contribution in [3.8, 4) is 11.5 Å². The van der Waals surface area contributed by atoms with E-state index >= 15 is 0 Å². The van der Waals surface area contributed by atoms with E-state index in [9.17, 15) is 4.79 Å². The second-order valence-electron chi connectivity index (χ2n) is 5.32. The summed E-state index contributed by atoms with van der Waals surface area (Å²) in [7, 11) is 1.56. The monoisotopic (exact) mass is 333 g/mol. The third-order valence-corrected chi connectivity index (χ3v) is 3.57. The summed E-state index contributed by atoms with van der Waals surface area (Å²) in [4.78, 5) is 12.0. The molecule has 5 heteroatoms. The molecule has 2 rings (SSSR count). The zero-order valence-corrected chi connectivity index (χ0v) is 14.2. The summed E-state index contributed by atoms with van der Waals surface area (Å²) in [5, 5.41) is 3.23. The average Bonchev–Trinajstić information content (AvgIpc) is 2.48. The van der Waals surface area contributed by atoms with Gasteiger partial charge in [-0.1, -0.05) is 17.7 Å². The molecule has 0 bridgehead atoms. The van der Waals surface area contributed by atoms with Crippen molar-refractivity contribution in [1.82, 2.24) is 0 Å². The lowest BCUT2D eigenvalue weighted by Crippen LogP contribution is -2.15. The molecule has 2 aromatic rings. The Morgan fingerprint density at radius 3 is 2.43 bits per heavy atom. The first-order chi connectivity index (χ1) is 11.0. The summed E-state index contributed by atoms with van der Waals surface area (Å²) >= 11 is 6.06. The molecule has 0 heterocycles. The number of carbonyl (C=O) groups excluding carboxylic acids is 1. The first kappa shape index (κ1) is 17.2. The van der Waals surface area contributed by atoms with Crippen LogP contribution in [0.5, 0.6) is 11.5 Å². The minimum Gasteiger partial charge on any atom is -0.497 e. The number of ether oxygens (including phenoxy) is 2. The molecule has 0 saturated heterocycles. The fourth-order valence-corrected chi connectivity index (χ4v) is 2.38. The SMILES string of the molecule is COc1ccc(Cl)c(NC(=O)CCOc2cc(C)cc(C)c2)c1. The normalized spacial score (nSPS) is 10.3. The number of aryl methyl sites for hydroxylation is 2. The third kappa shape index (κ3) is 5.18. The molecule has 4 nitrogen and oxygen atoms in total. The molecule has 0 radical (unpaired) electrons. The van der Waals surface area contributed by atoms with Crippen LogP contribution in [0.15, 0.2) is 36.4 Å². The Balaban J connectivity index is 1.88. The van der Waals surface area contributed by atoms with E-state index in [-0.39, 0.29) is 12.3 Å². The summed E-state index contributed by atoms with van der Waals surface area (Å²) in [5.41, 5.74) is 2.79. The minimum atomic E-state index is -0.162. The average molecular weight is 334 g/mol. The second-order valence-corrected chi connectivity index (χ2v) is 5.72. The Kier molecular flexibility index (Phi) is 5.88. The van der Waals surface area contributed by atoms with E-state index in [1.807, 2.05) is 26.0 Å². The lowest BCUT2D eigenvalue weighted by Gasteiger charge is -2.10. The predicted octanol–water partition coefficient (Wildman–Crippen LogP) is 4.37. The molecule has 0 atom stereocenters. The van der Waals surface area contributed by atoms with Gasteiger partial charge in [0, 0.05) is 6.07 Å². The molecule has 0 aromatic heterocycles. The topological polar surface area (TPSA) is 47.6 Å². The quantitative estimate of drug-likeness (QED) is 0.853. The van der Waals surface area contributed by atoms with E-state index in [0.29, 0.717) is 23.1 Å². The largest absolute Gasteiger partial charge is 0.497 e. The van der Waals surface area contributed by atoms with Crippen LogP contribution in [0.2, 0.25) is 5.02 Å². The zero-order valence-electron chi connectivity index (χ0n) is 13.5. The van der Waals surface area contributed by atoms with Gasteiger partial charge in [0.25, 0.3) is 0 Å². The number of nitrogens with one attached hydrogen (secondary N) is 1. The number of hydrogen-bond donors (Lipinski definition) is 1. The number of anilines is 1. The highest BCUT2D eigenvalue weighted by Crippen LogP contribution is 2.26. The molecule has 0 spiro atoms. The molecule has 0 aliphatic heterocycles. The molecule has 2 aromatic carbocycles. The van der Waals surface area contributed by atoms with Gasteiger partial charge in [-0.05, 0) is 49.2 Å². The highest BCUT2D eigenvalue weighted by atomic mass is 35.5. The number of benzene rings is 2. The highest BCUT2D eigenvalue weighted by Gasteiger charge is 2.08. The van der Waals surface area contributed by atoms with Crippen LogP contribution in [0.25, 0.3) is 0 Å². The molecular formula is C18H20ClNO3. The first-order valence-corrected chi connectivity index (χ1v) is 7.70. The Morgan fingerprint density at radius 1 is 1.09 bits per heavy atom. The van der Waals surface area contributed by atoms with Gasteiger partial charge in [0.15, 0.2) is 0 Å². The number of halogens is 1. The van der Waals surface area contributed by atoms with Crippen LogP contribution in [0.1, 0.15) is 17.5 Å². The summed E-state index contributed by atoms with van der Waals surface area (Å²) in [6.45, 7) is 4.32. The molecule has 23 heavy (non-hydrogen) atoms. The summed E-state index contributed by atoms with van der Waals surface area (Å²) in [6.07, 6.45) is 0.237. The molecule has 122 valence electrons. The van der Waals surface area contributed by atoms with Crippen LogP contribution in [0, 0.1) is 13.8 Å². The van der Waals surface area contributed by atoms with Crippen LogP contribution >= 0.6 is 11.6 Å². The van der Waals surface area contributed by atoms with Gasteiger partial charge in [-0.3, -0.25) is 4.79 Å². The fraction of sp³-hybridized carbons (Fsp3) is 0.278. The maximum absolute atomic E-state index is 12.0. The van der Waals surface area contributed by atoms with Crippen LogP contribution in [0.3, 0.4) is 0 Å². The van der Waals surface area contributed by atoms with Gasteiger partial charge in [-0.15, -0.1) is 0 Å². The van der Waals surface area contributed by atoms with E-state index in [1.54, 1.807) is 25.3 Å². The molecule has 0 unspecified atom stereocenters. The van der Waals surface area contributed by atoms with Crippen molar-refractivity contribution in [2.75, 3.05) is 19.0 Å². The third-order valence-electron chi connectivity index (χ3n) is 3.24. The maximum atomic E-state index is 12.0. The molecule has 0 aliphatic carbocycles. The van der Waals surface area contributed by atoms with Gasteiger partial charge in [0.2, 0.25) is 5.91 Å². The van der Waals surface area contributed by atoms with Gasteiger partial charge >= 0.3 is 0 Å². The van der Waals surface area contributed by atoms with Gasteiger partial charge < -0.3 is 14.8 Å².